The monoisotopic (exact) mass is 714 g/mol. The molecule has 1 aliphatic rings. The molecule has 0 N–H and O–H groups in total. The van der Waals surface area contributed by atoms with Crippen LogP contribution in [0.4, 0.5) is 0 Å². The molecule has 0 spiro atoms. The standard InChI is InChI=1S/C54H38N2/c1-35-14-2-10-26-50(35)56-51-27-11-9-25-49(51)55-54(56)39-30-28-36(29-31-39)40-32-33-47-48(34-40)53(44-24-13-18-38-16-4-6-20-42(38)44)46-22-8-7-21-45(46)52(47)43-23-12-17-37-15-3-5-19-41(37)43/h2-35,50H,1H3. The summed E-state index contributed by atoms with van der Waals surface area (Å²) in [5.74, 6) is 1.36. The van der Waals surface area contributed by atoms with Crippen molar-refractivity contribution in [1.82, 2.24) is 9.55 Å². The molecule has 0 bridgehead atoms. The summed E-state index contributed by atoms with van der Waals surface area (Å²) in [6, 6.07) is 64.8. The molecule has 0 fully saturated rings. The molecule has 0 saturated carbocycles. The van der Waals surface area contributed by atoms with Crippen LogP contribution in [0.2, 0.25) is 0 Å². The van der Waals surface area contributed by atoms with Crippen molar-refractivity contribution in [2.45, 2.75) is 13.0 Å². The third kappa shape index (κ3) is 5.14. The van der Waals surface area contributed by atoms with E-state index in [0.717, 1.165) is 22.4 Å². The Morgan fingerprint density at radius 1 is 0.429 bits per heavy atom. The fourth-order valence-electron chi connectivity index (χ4n) is 9.21. The molecule has 2 nitrogen and oxygen atoms in total. The van der Waals surface area contributed by atoms with Crippen molar-refractivity contribution in [3.05, 3.63) is 200 Å². The van der Waals surface area contributed by atoms with Gasteiger partial charge in [0.05, 0.1) is 17.1 Å². The first-order valence-electron chi connectivity index (χ1n) is 19.6. The lowest BCUT2D eigenvalue weighted by molar-refractivity contribution is 0.500. The zero-order valence-corrected chi connectivity index (χ0v) is 31.1. The normalized spacial score (nSPS) is 15.4. The highest BCUT2D eigenvalue weighted by molar-refractivity contribution is 6.25. The quantitative estimate of drug-likeness (QED) is 0.162. The van der Waals surface area contributed by atoms with E-state index in [0.29, 0.717) is 5.92 Å². The number of benzene rings is 9. The van der Waals surface area contributed by atoms with Crippen molar-refractivity contribution in [1.29, 1.82) is 0 Å². The summed E-state index contributed by atoms with van der Waals surface area (Å²) in [7, 11) is 0. The van der Waals surface area contributed by atoms with E-state index >= 15 is 0 Å². The van der Waals surface area contributed by atoms with Crippen LogP contribution in [0, 0.1) is 5.92 Å². The van der Waals surface area contributed by atoms with Crippen molar-refractivity contribution >= 4 is 54.1 Å². The highest BCUT2D eigenvalue weighted by atomic mass is 15.1. The van der Waals surface area contributed by atoms with Crippen LogP contribution in [0.1, 0.15) is 13.0 Å². The Bertz CT molecular complexity index is 3200. The summed E-state index contributed by atoms with van der Waals surface area (Å²) >= 11 is 0. The number of rotatable bonds is 5. The number of aromatic nitrogens is 2. The van der Waals surface area contributed by atoms with Crippen LogP contribution in [0.25, 0.3) is 98.9 Å². The SMILES string of the molecule is CC1C=CC=CC1n1c(-c2ccc(-c3ccc4c(-c5cccc6ccccc56)c5ccccc5c(-c5cccc6ccccc56)c4c3)cc2)nc2ccccc21. The second-order valence-electron chi connectivity index (χ2n) is 15.1. The zero-order valence-electron chi connectivity index (χ0n) is 31.1. The molecular weight excluding hydrogens is 677 g/mol. The minimum atomic E-state index is 0.195. The number of hydrogen-bond donors (Lipinski definition) is 0. The number of fused-ring (bicyclic) bond motifs is 5. The van der Waals surface area contributed by atoms with Gasteiger partial charge < -0.3 is 4.57 Å². The summed E-state index contributed by atoms with van der Waals surface area (Å²) in [6.45, 7) is 2.29. The summed E-state index contributed by atoms with van der Waals surface area (Å²) in [5.41, 5.74) is 10.7. The Hall–Kier alpha value is -7.03. The highest BCUT2D eigenvalue weighted by Crippen LogP contribution is 2.47. The van der Waals surface area contributed by atoms with Crippen molar-refractivity contribution in [2.24, 2.45) is 5.92 Å². The number of para-hydroxylation sites is 2. The van der Waals surface area contributed by atoms with Crippen molar-refractivity contribution in [3.63, 3.8) is 0 Å². The van der Waals surface area contributed by atoms with Crippen molar-refractivity contribution < 1.29 is 0 Å². The topological polar surface area (TPSA) is 17.8 Å². The predicted octanol–water partition coefficient (Wildman–Crippen LogP) is 14.6. The molecule has 0 radical (unpaired) electrons. The van der Waals surface area contributed by atoms with E-state index < -0.39 is 0 Å². The van der Waals surface area contributed by atoms with E-state index in [4.69, 9.17) is 4.98 Å². The van der Waals surface area contributed by atoms with Crippen LogP contribution < -0.4 is 0 Å². The lowest BCUT2D eigenvalue weighted by Gasteiger charge is -2.25. The van der Waals surface area contributed by atoms with E-state index in [9.17, 15) is 0 Å². The molecule has 2 unspecified atom stereocenters. The molecule has 2 atom stereocenters. The fourth-order valence-corrected chi connectivity index (χ4v) is 9.21. The smallest absolute Gasteiger partial charge is 0.141 e. The number of nitrogens with zero attached hydrogens (tertiary/aromatic N) is 2. The van der Waals surface area contributed by atoms with Gasteiger partial charge in [-0.2, -0.15) is 0 Å². The largest absolute Gasteiger partial charge is 0.316 e. The van der Waals surface area contributed by atoms with E-state index in [1.54, 1.807) is 0 Å². The van der Waals surface area contributed by atoms with Gasteiger partial charge in [-0.3, -0.25) is 0 Å². The molecule has 9 aromatic carbocycles. The lowest BCUT2D eigenvalue weighted by Crippen LogP contribution is -2.16. The van der Waals surface area contributed by atoms with Crippen molar-refractivity contribution in [2.75, 3.05) is 0 Å². The van der Waals surface area contributed by atoms with Gasteiger partial charge in [0, 0.05) is 5.56 Å². The van der Waals surface area contributed by atoms with Crippen LogP contribution in [0.3, 0.4) is 0 Å². The fraction of sp³-hybridized carbons (Fsp3) is 0.0556. The second-order valence-corrected chi connectivity index (χ2v) is 15.1. The summed E-state index contributed by atoms with van der Waals surface area (Å²) in [5, 5.41) is 10.0. The Morgan fingerprint density at radius 3 is 1.62 bits per heavy atom. The van der Waals surface area contributed by atoms with E-state index in [1.165, 1.54) is 76.5 Å². The molecule has 0 aliphatic heterocycles. The average molecular weight is 715 g/mol. The Morgan fingerprint density at radius 2 is 0.946 bits per heavy atom. The Labute approximate surface area is 326 Å². The lowest BCUT2D eigenvalue weighted by atomic mass is 9.83. The van der Waals surface area contributed by atoms with Gasteiger partial charge in [-0.15, -0.1) is 0 Å². The Balaban J connectivity index is 1.14. The number of hydrogen-bond acceptors (Lipinski definition) is 1. The molecule has 264 valence electrons. The molecule has 10 aromatic rings. The molecule has 1 aromatic heterocycles. The van der Waals surface area contributed by atoms with E-state index in [1.807, 2.05) is 0 Å². The maximum absolute atomic E-state index is 5.20. The van der Waals surface area contributed by atoms with Crippen molar-refractivity contribution in [3.8, 4) is 44.8 Å². The number of imidazole rings is 1. The van der Waals surface area contributed by atoms with Crippen LogP contribution in [0.15, 0.2) is 200 Å². The maximum Gasteiger partial charge on any atom is 0.141 e. The van der Waals surface area contributed by atoms with Gasteiger partial charge in [-0.25, -0.2) is 4.98 Å². The van der Waals surface area contributed by atoms with Crippen LogP contribution >= 0.6 is 0 Å². The molecule has 11 rings (SSSR count). The predicted molar refractivity (Wildman–Crippen MR) is 238 cm³/mol. The van der Waals surface area contributed by atoms with Gasteiger partial charge in [0.25, 0.3) is 0 Å². The molecule has 1 heterocycles. The van der Waals surface area contributed by atoms with Gasteiger partial charge in [-0.05, 0) is 101 Å². The average Bonchev–Trinajstić information content (AvgIpc) is 3.65. The highest BCUT2D eigenvalue weighted by Gasteiger charge is 2.24. The second kappa shape index (κ2) is 13.1. The minimum absolute atomic E-state index is 0.195. The van der Waals surface area contributed by atoms with Gasteiger partial charge in [0.2, 0.25) is 0 Å². The van der Waals surface area contributed by atoms with Crippen LogP contribution in [-0.2, 0) is 0 Å². The first kappa shape index (κ1) is 32.4. The molecule has 56 heavy (non-hydrogen) atoms. The first-order valence-corrected chi connectivity index (χ1v) is 19.6. The third-order valence-electron chi connectivity index (χ3n) is 11.9. The van der Waals surface area contributed by atoms with E-state index in [-0.39, 0.29) is 6.04 Å². The minimum Gasteiger partial charge on any atom is -0.316 e. The summed E-state index contributed by atoms with van der Waals surface area (Å²) < 4.78 is 2.42. The first-order chi connectivity index (χ1) is 27.7. The van der Waals surface area contributed by atoms with Gasteiger partial charge in [0.1, 0.15) is 5.82 Å². The Kier molecular flexibility index (Phi) is 7.57. The zero-order chi connectivity index (χ0) is 37.2. The molecule has 0 saturated heterocycles. The maximum atomic E-state index is 5.20. The molecular formula is C54H38N2. The van der Waals surface area contributed by atoms with Crippen LogP contribution in [0.5, 0.6) is 0 Å². The molecule has 1 aliphatic carbocycles. The third-order valence-corrected chi connectivity index (χ3v) is 11.9. The number of allylic oxidation sites excluding steroid dienone is 4. The van der Waals surface area contributed by atoms with Gasteiger partial charge in [0.15, 0.2) is 0 Å². The van der Waals surface area contributed by atoms with Gasteiger partial charge >= 0.3 is 0 Å². The molecule has 2 heteroatoms. The van der Waals surface area contributed by atoms with Crippen LogP contribution in [-0.4, -0.2) is 9.55 Å². The summed E-state index contributed by atoms with van der Waals surface area (Å²) in [6.07, 6.45) is 8.90. The molecule has 0 amide bonds. The summed E-state index contributed by atoms with van der Waals surface area (Å²) in [4.78, 5) is 5.20. The van der Waals surface area contributed by atoms with E-state index in [2.05, 4.69) is 212 Å². The van der Waals surface area contributed by atoms with Gasteiger partial charge in [-0.1, -0.05) is 189 Å².